The van der Waals surface area contributed by atoms with E-state index in [0.717, 1.165) is 13.2 Å². The second kappa shape index (κ2) is 4.32. The van der Waals surface area contributed by atoms with Crippen molar-refractivity contribution in [2.24, 2.45) is 0 Å². The van der Waals surface area contributed by atoms with Crippen LogP contribution in [0.3, 0.4) is 0 Å². The zero-order chi connectivity index (χ0) is 12.5. The Morgan fingerprint density at radius 2 is 2.00 bits per heavy atom. The van der Waals surface area contributed by atoms with Crippen LogP contribution in [0.15, 0.2) is 16.6 Å². The largest absolute Gasteiger partial charge is 0.465 e. The van der Waals surface area contributed by atoms with Gasteiger partial charge in [-0.15, -0.1) is 0 Å². The molecule has 3 nitrogen and oxygen atoms in total. The van der Waals surface area contributed by atoms with Crippen LogP contribution in [0.5, 0.6) is 0 Å². The fraction of sp³-hybridized carbons (Fsp3) is 0.222. The van der Waals surface area contributed by atoms with E-state index >= 15 is 0 Å². The zero-order valence-corrected chi connectivity index (χ0v) is 9.65. The number of hydrogen-bond acceptors (Lipinski definition) is 3. The number of ether oxygens (including phenoxy) is 1. The summed E-state index contributed by atoms with van der Waals surface area (Å²) in [7, 11) is 1.01. The van der Waals surface area contributed by atoms with Crippen molar-refractivity contribution in [3.63, 3.8) is 0 Å². The summed E-state index contributed by atoms with van der Waals surface area (Å²) >= 11 is 2.71. The standard InChI is InChI=1S/C9H7BrF3NO2/c1-16-8(15)4-2-3-5(14)7(10)6(4)9(11,12)13/h2-3H,14H2,1H3. The summed E-state index contributed by atoms with van der Waals surface area (Å²) in [6.07, 6.45) is -4.68. The number of nitrogens with two attached hydrogens (primary N) is 1. The van der Waals surface area contributed by atoms with Crippen molar-refractivity contribution in [3.8, 4) is 0 Å². The predicted octanol–water partition coefficient (Wildman–Crippen LogP) is 2.84. The number of hydrogen-bond donors (Lipinski definition) is 1. The third-order valence-corrected chi connectivity index (χ3v) is 2.71. The smallest absolute Gasteiger partial charge is 0.418 e. The SMILES string of the molecule is COC(=O)c1ccc(N)c(Br)c1C(F)(F)F. The minimum atomic E-state index is -4.68. The highest BCUT2D eigenvalue weighted by molar-refractivity contribution is 9.10. The molecule has 0 bridgehead atoms. The van der Waals surface area contributed by atoms with Gasteiger partial charge in [0.2, 0.25) is 0 Å². The minimum absolute atomic E-state index is 0.0972. The van der Waals surface area contributed by atoms with Gasteiger partial charge in [-0.25, -0.2) is 4.79 Å². The summed E-state index contributed by atoms with van der Waals surface area (Å²) in [6, 6.07) is 2.18. The predicted molar refractivity (Wildman–Crippen MR) is 54.9 cm³/mol. The zero-order valence-electron chi connectivity index (χ0n) is 8.06. The Labute approximate surface area is 97.5 Å². The van der Waals surface area contributed by atoms with Crippen molar-refractivity contribution in [1.29, 1.82) is 0 Å². The Balaban J connectivity index is 3.52. The van der Waals surface area contributed by atoms with E-state index in [4.69, 9.17) is 5.73 Å². The molecule has 0 aliphatic heterocycles. The van der Waals surface area contributed by atoms with Crippen molar-refractivity contribution < 1.29 is 22.7 Å². The molecule has 0 unspecified atom stereocenters. The van der Waals surface area contributed by atoms with E-state index in [2.05, 4.69) is 20.7 Å². The molecule has 2 N–H and O–H groups in total. The molecule has 1 aromatic carbocycles. The van der Waals surface area contributed by atoms with E-state index in [1.807, 2.05) is 0 Å². The first kappa shape index (κ1) is 12.8. The van der Waals surface area contributed by atoms with Crippen LogP contribution in [0.1, 0.15) is 15.9 Å². The van der Waals surface area contributed by atoms with Gasteiger partial charge in [-0.05, 0) is 28.1 Å². The van der Waals surface area contributed by atoms with Gasteiger partial charge in [0.15, 0.2) is 0 Å². The molecule has 1 aromatic rings. The van der Waals surface area contributed by atoms with E-state index < -0.39 is 23.3 Å². The highest BCUT2D eigenvalue weighted by Gasteiger charge is 2.38. The molecule has 0 radical (unpaired) electrons. The molecule has 0 atom stereocenters. The lowest BCUT2D eigenvalue weighted by molar-refractivity contribution is -0.138. The molecule has 0 saturated heterocycles. The second-order valence-corrected chi connectivity index (χ2v) is 3.67. The van der Waals surface area contributed by atoms with Gasteiger partial charge in [-0.1, -0.05) is 0 Å². The summed E-state index contributed by atoms with van der Waals surface area (Å²) in [4.78, 5) is 11.2. The summed E-state index contributed by atoms with van der Waals surface area (Å²) in [5, 5.41) is 0. The van der Waals surface area contributed by atoms with Crippen molar-refractivity contribution in [2.75, 3.05) is 12.8 Å². The highest BCUT2D eigenvalue weighted by Crippen LogP contribution is 2.40. The van der Waals surface area contributed by atoms with Crippen molar-refractivity contribution in [3.05, 3.63) is 27.7 Å². The Bertz CT molecular complexity index is 431. The Morgan fingerprint density at radius 3 is 2.44 bits per heavy atom. The lowest BCUT2D eigenvalue weighted by Gasteiger charge is -2.14. The summed E-state index contributed by atoms with van der Waals surface area (Å²) in [5.74, 6) is -1.06. The molecule has 0 spiro atoms. The van der Waals surface area contributed by atoms with E-state index in [0.29, 0.717) is 0 Å². The molecule has 16 heavy (non-hydrogen) atoms. The topological polar surface area (TPSA) is 52.3 Å². The number of benzene rings is 1. The molecule has 1 rings (SSSR count). The number of esters is 1. The number of carbonyl (C=O) groups excluding carboxylic acids is 1. The summed E-state index contributed by atoms with van der Waals surface area (Å²) < 4.78 is 42.0. The van der Waals surface area contributed by atoms with Crippen LogP contribution in [0, 0.1) is 0 Å². The van der Waals surface area contributed by atoms with Gasteiger partial charge in [0.05, 0.1) is 22.7 Å². The summed E-state index contributed by atoms with van der Waals surface area (Å²) in [6.45, 7) is 0. The molecular formula is C9H7BrF3NO2. The van der Waals surface area contributed by atoms with Crippen LogP contribution < -0.4 is 5.73 Å². The van der Waals surface area contributed by atoms with Crippen molar-refractivity contribution >= 4 is 27.6 Å². The molecule has 0 saturated carbocycles. The van der Waals surface area contributed by atoms with Gasteiger partial charge in [0, 0.05) is 5.69 Å². The van der Waals surface area contributed by atoms with Crippen LogP contribution in [0.4, 0.5) is 18.9 Å². The normalized spacial score (nSPS) is 11.3. The first-order valence-electron chi connectivity index (χ1n) is 4.02. The number of carbonyl (C=O) groups is 1. The molecular weight excluding hydrogens is 291 g/mol. The van der Waals surface area contributed by atoms with Gasteiger partial charge in [-0.3, -0.25) is 0 Å². The molecule has 0 aliphatic rings. The van der Waals surface area contributed by atoms with E-state index in [-0.39, 0.29) is 10.2 Å². The van der Waals surface area contributed by atoms with E-state index in [1.54, 1.807) is 0 Å². The first-order chi connectivity index (χ1) is 7.29. The minimum Gasteiger partial charge on any atom is -0.465 e. The molecule has 0 heterocycles. The lowest BCUT2D eigenvalue weighted by Crippen LogP contribution is -2.16. The van der Waals surface area contributed by atoms with Gasteiger partial charge < -0.3 is 10.5 Å². The number of nitrogen functional groups attached to an aromatic ring is 1. The second-order valence-electron chi connectivity index (χ2n) is 2.88. The van der Waals surface area contributed by atoms with E-state index in [1.165, 1.54) is 6.07 Å². The van der Waals surface area contributed by atoms with Crippen LogP contribution in [-0.4, -0.2) is 13.1 Å². The number of methoxy groups -OCH3 is 1. The molecule has 0 fully saturated rings. The average Bonchev–Trinajstić information content (AvgIpc) is 2.18. The summed E-state index contributed by atoms with van der Waals surface area (Å²) in [5.41, 5.74) is 3.53. The fourth-order valence-corrected chi connectivity index (χ4v) is 1.72. The van der Waals surface area contributed by atoms with Gasteiger partial charge >= 0.3 is 12.1 Å². The Hall–Kier alpha value is -1.24. The van der Waals surface area contributed by atoms with Gasteiger partial charge in [0.1, 0.15) is 0 Å². The van der Waals surface area contributed by atoms with Crippen LogP contribution >= 0.6 is 15.9 Å². The van der Waals surface area contributed by atoms with E-state index in [9.17, 15) is 18.0 Å². The first-order valence-corrected chi connectivity index (χ1v) is 4.81. The molecule has 0 aliphatic carbocycles. The van der Waals surface area contributed by atoms with Gasteiger partial charge in [-0.2, -0.15) is 13.2 Å². The maximum atomic E-state index is 12.7. The number of rotatable bonds is 1. The highest BCUT2D eigenvalue weighted by atomic mass is 79.9. The van der Waals surface area contributed by atoms with Crippen LogP contribution in [0.25, 0.3) is 0 Å². The quantitative estimate of drug-likeness (QED) is 0.640. The number of anilines is 1. The maximum Gasteiger partial charge on any atom is 0.418 e. The molecule has 0 aromatic heterocycles. The molecule has 7 heteroatoms. The van der Waals surface area contributed by atoms with Gasteiger partial charge in [0.25, 0.3) is 0 Å². The van der Waals surface area contributed by atoms with Crippen molar-refractivity contribution in [1.82, 2.24) is 0 Å². The molecule has 0 amide bonds. The lowest BCUT2D eigenvalue weighted by atomic mass is 10.1. The third-order valence-electron chi connectivity index (χ3n) is 1.86. The average molecular weight is 298 g/mol. The fourth-order valence-electron chi connectivity index (χ4n) is 1.15. The number of halogens is 4. The van der Waals surface area contributed by atoms with Crippen LogP contribution in [0.2, 0.25) is 0 Å². The third kappa shape index (κ3) is 2.29. The Morgan fingerprint density at radius 1 is 1.44 bits per heavy atom. The van der Waals surface area contributed by atoms with Crippen molar-refractivity contribution in [2.45, 2.75) is 6.18 Å². The van der Waals surface area contributed by atoms with Crippen LogP contribution in [-0.2, 0) is 10.9 Å². The maximum absolute atomic E-state index is 12.7. The molecule has 88 valence electrons. The number of alkyl halides is 3. The Kier molecular flexibility index (Phi) is 3.47. The monoisotopic (exact) mass is 297 g/mol.